The second kappa shape index (κ2) is 5.21. The van der Waals surface area contributed by atoms with E-state index in [1.165, 1.54) is 5.01 Å². The average molecular weight is 247 g/mol. The van der Waals surface area contributed by atoms with Crippen molar-refractivity contribution in [3.8, 4) is 0 Å². The number of halogens is 2. The van der Waals surface area contributed by atoms with Crippen molar-refractivity contribution >= 4 is 34.8 Å². The van der Waals surface area contributed by atoms with E-state index in [1.807, 2.05) is 6.92 Å². The van der Waals surface area contributed by atoms with Crippen molar-refractivity contribution in [1.29, 1.82) is 5.41 Å². The van der Waals surface area contributed by atoms with Crippen molar-refractivity contribution in [3.05, 3.63) is 28.2 Å². The third kappa shape index (κ3) is 2.99. The topological polar surface area (TPSA) is 65.1 Å². The van der Waals surface area contributed by atoms with Gasteiger partial charge in [-0.2, -0.15) is 0 Å². The van der Waals surface area contributed by atoms with Crippen LogP contribution >= 0.6 is 23.2 Å². The summed E-state index contributed by atoms with van der Waals surface area (Å²) in [5.41, 5.74) is 9.02. The summed E-state index contributed by atoms with van der Waals surface area (Å²) in [6, 6.07) is 5.04. The normalized spacial score (nSPS) is 10.1. The van der Waals surface area contributed by atoms with E-state index < -0.39 is 0 Å². The predicted octanol–water partition coefficient (Wildman–Crippen LogP) is 2.22. The second-order valence-electron chi connectivity index (χ2n) is 2.83. The lowest BCUT2D eigenvalue weighted by atomic mass is 10.3. The molecule has 4 nitrogen and oxygen atoms in total. The maximum atomic E-state index is 7.38. The molecule has 0 heterocycles. The van der Waals surface area contributed by atoms with Crippen LogP contribution in [0.3, 0.4) is 0 Å². The van der Waals surface area contributed by atoms with Gasteiger partial charge in [0.05, 0.1) is 15.7 Å². The molecule has 15 heavy (non-hydrogen) atoms. The summed E-state index contributed by atoms with van der Waals surface area (Å²) < 4.78 is 0. The Labute approximate surface area is 98.4 Å². The molecule has 6 heteroatoms. The van der Waals surface area contributed by atoms with Gasteiger partial charge in [-0.25, -0.2) is 10.4 Å². The Bertz CT molecular complexity index is 367. The fourth-order valence-corrected chi connectivity index (χ4v) is 1.39. The van der Waals surface area contributed by atoms with Crippen LogP contribution in [0.5, 0.6) is 0 Å². The first-order chi connectivity index (χ1) is 7.06. The third-order valence-corrected chi connectivity index (χ3v) is 2.46. The van der Waals surface area contributed by atoms with Crippen LogP contribution in [0, 0.1) is 5.41 Å². The van der Waals surface area contributed by atoms with E-state index in [0.717, 1.165) is 0 Å². The lowest BCUT2D eigenvalue weighted by molar-refractivity contribution is 0.751. The summed E-state index contributed by atoms with van der Waals surface area (Å²) in [5.74, 6) is -0.102. The highest BCUT2D eigenvalue weighted by molar-refractivity contribution is 6.42. The smallest absolute Gasteiger partial charge is 0.207 e. The summed E-state index contributed by atoms with van der Waals surface area (Å²) in [4.78, 5) is 0. The van der Waals surface area contributed by atoms with Gasteiger partial charge in [0.25, 0.3) is 0 Å². The Morgan fingerprint density at radius 3 is 2.60 bits per heavy atom. The zero-order valence-electron chi connectivity index (χ0n) is 8.22. The highest BCUT2D eigenvalue weighted by Crippen LogP contribution is 2.26. The first-order valence-corrected chi connectivity index (χ1v) is 5.14. The van der Waals surface area contributed by atoms with Crippen molar-refractivity contribution < 1.29 is 0 Å². The first-order valence-electron chi connectivity index (χ1n) is 4.39. The number of anilines is 1. The number of benzene rings is 1. The number of nitrogens with two attached hydrogens (primary N) is 1. The van der Waals surface area contributed by atoms with E-state index in [-0.39, 0.29) is 5.96 Å². The Morgan fingerprint density at radius 1 is 1.47 bits per heavy atom. The molecule has 0 saturated heterocycles. The molecule has 1 aromatic carbocycles. The summed E-state index contributed by atoms with van der Waals surface area (Å²) in [6.07, 6.45) is 0. The molecule has 1 rings (SSSR count). The van der Waals surface area contributed by atoms with E-state index in [2.05, 4.69) is 5.43 Å². The van der Waals surface area contributed by atoms with Crippen molar-refractivity contribution in [3.63, 3.8) is 0 Å². The van der Waals surface area contributed by atoms with E-state index in [1.54, 1.807) is 18.2 Å². The minimum atomic E-state index is -0.102. The number of hydrazine groups is 1. The zero-order chi connectivity index (χ0) is 11.4. The number of rotatable bonds is 3. The molecule has 0 saturated carbocycles. The molecule has 0 aliphatic carbocycles. The van der Waals surface area contributed by atoms with Gasteiger partial charge in [0.1, 0.15) is 0 Å². The monoisotopic (exact) mass is 246 g/mol. The fraction of sp³-hybridized carbons (Fsp3) is 0.222. The number of guanidine groups is 1. The third-order valence-electron chi connectivity index (χ3n) is 1.72. The van der Waals surface area contributed by atoms with E-state index >= 15 is 0 Å². The number of nitrogens with one attached hydrogen (secondary N) is 2. The fourth-order valence-electron chi connectivity index (χ4n) is 1.10. The van der Waals surface area contributed by atoms with Gasteiger partial charge in [0.2, 0.25) is 5.96 Å². The van der Waals surface area contributed by atoms with Crippen molar-refractivity contribution in [2.75, 3.05) is 11.6 Å². The largest absolute Gasteiger partial charge is 0.369 e. The van der Waals surface area contributed by atoms with Gasteiger partial charge in [-0.1, -0.05) is 30.1 Å². The van der Waals surface area contributed by atoms with Crippen LogP contribution in [0.2, 0.25) is 10.0 Å². The van der Waals surface area contributed by atoms with Gasteiger partial charge >= 0.3 is 0 Å². The lowest BCUT2D eigenvalue weighted by Gasteiger charge is -2.22. The maximum absolute atomic E-state index is 7.38. The van der Waals surface area contributed by atoms with Crippen LogP contribution in [-0.4, -0.2) is 12.5 Å². The first kappa shape index (κ1) is 12.1. The molecule has 82 valence electrons. The Morgan fingerprint density at radius 2 is 2.13 bits per heavy atom. The van der Waals surface area contributed by atoms with Gasteiger partial charge < -0.3 is 5.73 Å². The molecule has 0 atom stereocenters. The molecule has 0 spiro atoms. The molecule has 0 unspecified atom stereocenters. The quantitative estimate of drug-likeness (QED) is 0.436. The van der Waals surface area contributed by atoms with Gasteiger partial charge in [0.15, 0.2) is 0 Å². The van der Waals surface area contributed by atoms with Crippen LogP contribution in [0.4, 0.5) is 5.69 Å². The van der Waals surface area contributed by atoms with Gasteiger partial charge in [-0.05, 0) is 18.2 Å². The lowest BCUT2D eigenvalue weighted by Crippen LogP contribution is -2.46. The highest BCUT2D eigenvalue weighted by Gasteiger charge is 2.09. The maximum Gasteiger partial charge on any atom is 0.207 e. The Kier molecular flexibility index (Phi) is 4.20. The van der Waals surface area contributed by atoms with Crippen molar-refractivity contribution in [2.45, 2.75) is 6.92 Å². The van der Waals surface area contributed by atoms with E-state index in [0.29, 0.717) is 22.3 Å². The van der Waals surface area contributed by atoms with Crippen LogP contribution < -0.4 is 16.2 Å². The number of hydrogen-bond acceptors (Lipinski definition) is 2. The molecule has 0 aromatic heterocycles. The molecule has 0 bridgehead atoms. The Hall–Kier alpha value is -0.970. The molecule has 0 amide bonds. The second-order valence-corrected chi connectivity index (χ2v) is 3.65. The van der Waals surface area contributed by atoms with Crippen LogP contribution in [0.15, 0.2) is 18.2 Å². The molecular weight excluding hydrogens is 235 g/mol. The minimum absolute atomic E-state index is 0.102. The highest BCUT2D eigenvalue weighted by atomic mass is 35.5. The molecule has 0 radical (unpaired) electrons. The SMILES string of the molecule is CCNN(C(=N)N)c1ccc(Cl)c(Cl)c1. The Balaban J connectivity index is 3.01. The summed E-state index contributed by atoms with van der Waals surface area (Å²) in [5, 5.41) is 9.72. The molecular formula is C9H12Cl2N4. The molecule has 0 fully saturated rings. The summed E-state index contributed by atoms with van der Waals surface area (Å²) >= 11 is 11.7. The van der Waals surface area contributed by atoms with Gasteiger partial charge in [0, 0.05) is 6.54 Å². The zero-order valence-corrected chi connectivity index (χ0v) is 9.73. The van der Waals surface area contributed by atoms with Gasteiger partial charge in [-0.3, -0.25) is 5.41 Å². The molecule has 4 N–H and O–H groups in total. The summed E-state index contributed by atoms with van der Waals surface area (Å²) in [6.45, 7) is 2.56. The molecule has 0 aliphatic rings. The number of nitrogens with zero attached hydrogens (tertiary/aromatic N) is 1. The standard InChI is InChI=1S/C9H12Cl2N4/c1-2-14-15(9(12)13)6-3-4-7(10)8(11)5-6/h3-5,14H,2H2,1H3,(H3,12,13). The summed E-state index contributed by atoms with van der Waals surface area (Å²) in [7, 11) is 0. The average Bonchev–Trinajstić information content (AvgIpc) is 2.18. The van der Waals surface area contributed by atoms with Gasteiger partial charge in [-0.15, -0.1) is 0 Å². The molecule has 0 aliphatic heterocycles. The van der Waals surface area contributed by atoms with Crippen LogP contribution in [0.25, 0.3) is 0 Å². The minimum Gasteiger partial charge on any atom is -0.369 e. The van der Waals surface area contributed by atoms with Crippen molar-refractivity contribution in [1.82, 2.24) is 5.43 Å². The predicted molar refractivity (Wildman–Crippen MR) is 64.5 cm³/mol. The van der Waals surface area contributed by atoms with Crippen LogP contribution in [0.1, 0.15) is 6.92 Å². The van der Waals surface area contributed by atoms with E-state index in [9.17, 15) is 0 Å². The molecule has 1 aromatic rings. The van der Waals surface area contributed by atoms with Crippen molar-refractivity contribution in [2.24, 2.45) is 5.73 Å². The van der Waals surface area contributed by atoms with Crippen LogP contribution in [-0.2, 0) is 0 Å². The van der Waals surface area contributed by atoms with E-state index in [4.69, 9.17) is 34.3 Å². The number of hydrogen-bond donors (Lipinski definition) is 3.